The Hall–Kier alpha value is -6.57. The molecule has 0 radical (unpaired) electrons. The van der Waals surface area contributed by atoms with Crippen molar-refractivity contribution >= 4 is 54.3 Å². The Morgan fingerprint density at radius 3 is 0.638 bits per heavy atom. The van der Waals surface area contributed by atoms with Gasteiger partial charge in [0.2, 0.25) is 0 Å². The summed E-state index contributed by atoms with van der Waals surface area (Å²) in [5.41, 5.74) is 13.4. The summed E-state index contributed by atoms with van der Waals surface area (Å²) in [4.78, 5) is 107. The van der Waals surface area contributed by atoms with Crippen molar-refractivity contribution in [3.63, 3.8) is 0 Å². The van der Waals surface area contributed by atoms with Gasteiger partial charge in [-0.15, -0.1) is 0 Å². The second-order valence-electron chi connectivity index (χ2n) is 46.5. The van der Waals surface area contributed by atoms with Gasteiger partial charge in [0.15, 0.2) is 0 Å². The summed E-state index contributed by atoms with van der Waals surface area (Å²) in [6.07, 6.45) is 31.5. The molecule has 2 aliphatic rings. The number of nitrogens with two attached hydrogens (primary N) is 2. The van der Waals surface area contributed by atoms with Crippen molar-refractivity contribution < 1.29 is 43.2 Å². The Morgan fingerprint density at radius 1 is 0.260 bits per heavy atom. The average molecular weight is 1810 g/mol. The van der Waals surface area contributed by atoms with Gasteiger partial charge in [-0.25, -0.2) is 43.2 Å². The first-order valence-electron chi connectivity index (χ1n) is 49.1. The highest BCUT2D eigenvalue weighted by molar-refractivity contribution is 5.76. The predicted octanol–water partition coefficient (Wildman–Crippen LogP) is 22.5. The first-order chi connectivity index (χ1) is 58.1. The summed E-state index contributed by atoms with van der Waals surface area (Å²) in [5.74, 6) is 0. The second kappa shape index (κ2) is 75.0. The summed E-state index contributed by atoms with van der Waals surface area (Å²) in [6.45, 7) is 85.9. The minimum atomic E-state index is -0.432. The lowest BCUT2D eigenvalue weighted by molar-refractivity contribution is 0.198. The number of primary amides is 2. The van der Waals surface area contributed by atoms with Gasteiger partial charge in [0.05, 0.1) is 0 Å². The van der Waals surface area contributed by atoms with Gasteiger partial charge < -0.3 is 94.9 Å². The van der Waals surface area contributed by atoms with E-state index in [1.165, 1.54) is 25.7 Å². The van der Waals surface area contributed by atoms with Crippen LogP contribution in [0.3, 0.4) is 0 Å². The molecule has 0 bridgehead atoms. The van der Waals surface area contributed by atoms with Gasteiger partial charge in [-0.1, -0.05) is 233 Å². The van der Waals surface area contributed by atoms with E-state index < -0.39 is 12.1 Å². The van der Waals surface area contributed by atoms with Crippen LogP contribution in [0.2, 0.25) is 0 Å². The van der Waals surface area contributed by atoms with Crippen molar-refractivity contribution in [1.82, 2.24) is 83.4 Å². The summed E-state index contributed by atoms with van der Waals surface area (Å²) in [6, 6.07) is -0.708. The van der Waals surface area contributed by atoms with E-state index in [9.17, 15) is 43.2 Å². The van der Waals surface area contributed by atoms with Crippen molar-refractivity contribution in [2.24, 2.45) is 65.6 Å². The lowest BCUT2D eigenvalue weighted by atomic mass is 9.90. The maximum atomic E-state index is 11.9. The average Bonchev–Trinajstić information content (AvgIpc) is 1.65. The summed E-state index contributed by atoms with van der Waals surface area (Å²) < 4.78 is 0. The van der Waals surface area contributed by atoms with Crippen LogP contribution in [0.1, 0.15) is 408 Å². The van der Waals surface area contributed by atoms with Gasteiger partial charge in [-0.2, -0.15) is 0 Å². The second-order valence-corrected chi connectivity index (χ2v) is 46.5. The lowest BCUT2D eigenvalue weighted by Gasteiger charge is -2.22. The molecule has 758 valence electrons. The van der Waals surface area contributed by atoms with Gasteiger partial charge in [0, 0.05) is 132 Å². The van der Waals surface area contributed by atoms with Gasteiger partial charge in [0.25, 0.3) is 0 Å². The van der Waals surface area contributed by atoms with E-state index in [-0.39, 0.29) is 42.2 Å². The van der Waals surface area contributed by atoms with Gasteiger partial charge in [0.1, 0.15) is 0 Å². The van der Waals surface area contributed by atoms with Crippen molar-refractivity contribution in [3.05, 3.63) is 0 Å². The minimum absolute atomic E-state index is 0.00564. The molecule has 0 aromatic rings. The Morgan fingerprint density at radius 2 is 0.449 bits per heavy atom. The molecule has 0 spiro atoms. The SMILES string of the molecule is CC(C)(C)CCCNC(=O)N1CCCCCC1.CC(C)(C)CCCNC(=O)N1CCCCCC1.CC(C)(C)CCCNC(=O)NCCCC(C)(C)C.CC(C)(C)CCCNC(N)=O.CC(C)(C)CCCNC(N)=O.CCN(CC)C(=O)NCCCC(C)(C)C.CCNC(=O)NCCCC(C)(C)C.CN(C)C(=O)NCCCC(C)(C)C.CNC(=O)NCCCC(C)(C)C. The van der Waals surface area contributed by atoms with Crippen LogP contribution in [0.4, 0.5) is 43.2 Å². The van der Waals surface area contributed by atoms with Crippen LogP contribution in [0, 0.1) is 54.1 Å². The van der Waals surface area contributed by atoms with Gasteiger partial charge in [-0.3, -0.25) is 0 Å². The first-order valence-corrected chi connectivity index (χ1v) is 49.1. The molecule has 0 aliphatic carbocycles. The first kappa shape index (κ1) is 134. The number of nitrogens with zero attached hydrogens (tertiary/aromatic N) is 4. The minimum Gasteiger partial charge on any atom is -0.352 e. The molecule has 2 saturated heterocycles. The fourth-order valence-electron chi connectivity index (χ4n) is 12.1. The molecule has 0 aromatic carbocycles. The quantitative estimate of drug-likeness (QED) is 0.0277. The van der Waals surface area contributed by atoms with Crippen LogP contribution in [0.15, 0.2) is 0 Å². The monoisotopic (exact) mass is 1810 g/mol. The van der Waals surface area contributed by atoms with Crippen LogP contribution in [-0.4, -0.2) is 206 Å². The molecular weight excluding hydrogens is 1600 g/mol. The highest BCUT2D eigenvalue weighted by Crippen LogP contribution is 2.27. The van der Waals surface area contributed by atoms with E-state index in [1.807, 2.05) is 30.6 Å². The normalized spacial score (nSPS) is 13.1. The molecule has 0 aromatic heterocycles. The summed E-state index contributed by atoms with van der Waals surface area (Å²) in [5, 5.41) is 33.6. The van der Waals surface area contributed by atoms with Crippen LogP contribution in [-0.2, 0) is 0 Å². The Bertz CT molecular complexity index is 2610. The smallest absolute Gasteiger partial charge is 0.317 e. The number of likely N-dealkylation sites (tertiary alicyclic amines) is 2. The third-order valence-corrected chi connectivity index (χ3v) is 19.7. The van der Waals surface area contributed by atoms with Gasteiger partial charge in [-0.05, 0) is 229 Å². The number of rotatable bonds is 33. The van der Waals surface area contributed by atoms with E-state index in [1.54, 1.807) is 30.9 Å². The van der Waals surface area contributed by atoms with Gasteiger partial charge >= 0.3 is 54.3 Å². The number of amides is 18. The molecule has 2 rings (SSSR count). The number of urea groups is 9. The summed E-state index contributed by atoms with van der Waals surface area (Å²) >= 11 is 0. The molecular formula is C100H214N18O9. The number of carbonyl (C=O) groups is 9. The summed E-state index contributed by atoms with van der Waals surface area (Å²) in [7, 11) is 5.12. The fourth-order valence-corrected chi connectivity index (χ4v) is 12.1. The fraction of sp³-hybridized carbons (Fsp3) is 0.910. The van der Waals surface area contributed by atoms with Crippen molar-refractivity contribution in [2.45, 2.75) is 408 Å². The zero-order chi connectivity index (χ0) is 99.8. The molecule has 2 heterocycles. The molecule has 16 N–H and O–H groups in total. The van der Waals surface area contributed by atoms with Crippen LogP contribution in [0.5, 0.6) is 0 Å². The standard InChI is InChI=1S/C15H32N2O.2C14H28N2O.C12H26N2O.2C10H22N2O.C9H20N2O.2C8H18N2O/c1-14(2,3)9-7-11-16-13(18)17-12-8-10-15(4,5)6;2*1-14(2,3)9-8-10-15-13(17)16-11-6-4-5-7-12-16;1-6-14(7-2)11(15)13-10-8-9-12(3,4)5;1-10(2,3)7-6-8-11-9(13)12(4)5;1-5-11-9(13)12-8-6-7-10(2,3)4;1-9(2,3)6-5-7-11-8(12)10-4;2*1-8(2,3)5-4-6-10-7(9)11/h7-12H2,1-6H3,(H2,16,17,18);2*4-12H2,1-3H3,(H,15,17);6-10H2,1-5H3,(H,13,15);6-8H2,1-5H3,(H,11,13);5-8H2,1-4H3,(H2,11,12,13);5-7H2,1-4H3,(H2,10,11,12);2*4-6H2,1-3H3,(H3,9,10,11). The molecule has 0 unspecified atom stereocenters. The maximum Gasteiger partial charge on any atom is 0.317 e. The molecule has 18 amide bonds. The molecule has 2 fully saturated rings. The molecule has 27 heteroatoms. The lowest BCUT2D eigenvalue weighted by Crippen LogP contribution is -2.40. The van der Waals surface area contributed by atoms with E-state index in [4.69, 9.17) is 11.5 Å². The maximum absolute atomic E-state index is 11.9. The highest BCUT2D eigenvalue weighted by atomic mass is 16.2. The van der Waals surface area contributed by atoms with E-state index in [2.05, 4.69) is 272 Å². The van der Waals surface area contributed by atoms with E-state index >= 15 is 0 Å². The number of hydrogen-bond donors (Lipinski definition) is 14. The van der Waals surface area contributed by atoms with E-state index in [0.717, 1.165) is 246 Å². The third-order valence-electron chi connectivity index (χ3n) is 19.7. The Labute approximate surface area is 783 Å². The van der Waals surface area contributed by atoms with Crippen molar-refractivity contribution in [3.8, 4) is 0 Å². The van der Waals surface area contributed by atoms with Crippen LogP contribution < -0.4 is 75.3 Å². The van der Waals surface area contributed by atoms with Crippen molar-refractivity contribution in [1.29, 1.82) is 0 Å². The number of carbonyl (C=O) groups excluding carboxylic acids is 9. The zero-order valence-corrected chi connectivity index (χ0v) is 89.9. The Kier molecular flexibility index (Phi) is 78.9. The highest BCUT2D eigenvalue weighted by Gasteiger charge is 2.21. The Balaban J connectivity index is -0.000000256. The number of hydrogen-bond acceptors (Lipinski definition) is 9. The van der Waals surface area contributed by atoms with Crippen LogP contribution in [0.25, 0.3) is 0 Å². The molecule has 0 atom stereocenters. The third kappa shape index (κ3) is 121. The van der Waals surface area contributed by atoms with Crippen molar-refractivity contribution in [2.75, 3.05) is 132 Å². The zero-order valence-electron chi connectivity index (χ0n) is 89.9. The topological polar surface area (TPSA) is 363 Å². The van der Waals surface area contributed by atoms with Crippen LogP contribution >= 0.6 is 0 Å². The molecule has 0 saturated carbocycles. The van der Waals surface area contributed by atoms with E-state index in [0.29, 0.717) is 73.8 Å². The largest absolute Gasteiger partial charge is 0.352 e. The molecule has 27 nitrogen and oxygen atoms in total. The number of nitrogens with one attached hydrogen (secondary N) is 12. The molecule has 127 heavy (non-hydrogen) atoms. The predicted molar refractivity (Wildman–Crippen MR) is 543 cm³/mol. The molecule has 2 aliphatic heterocycles.